The van der Waals surface area contributed by atoms with Crippen molar-refractivity contribution < 1.29 is 9.53 Å². The zero-order valence-corrected chi connectivity index (χ0v) is 13.2. The second kappa shape index (κ2) is 8.75. The van der Waals surface area contributed by atoms with E-state index < -0.39 is 0 Å². The smallest absolute Gasteiger partial charge is 0.248 e. The number of nitrogens with zero attached hydrogens (tertiary/aromatic N) is 1. The van der Waals surface area contributed by atoms with Crippen molar-refractivity contribution in [3.05, 3.63) is 34.9 Å². The van der Waals surface area contributed by atoms with Crippen molar-refractivity contribution in [2.45, 2.75) is 47.1 Å². The summed E-state index contributed by atoms with van der Waals surface area (Å²) in [6.07, 6.45) is 1.98. The molecule has 0 aliphatic heterocycles. The van der Waals surface area contributed by atoms with Gasteiger partial charge in [0.15, 0.2) is 0 Å². The number of hydrogen-bond donors (Lipinski definition) is 0. The molecule has 0 saturated carbocycles. The summed E-state index contributed by atoms with van der Waals surface area (Å²) in [5.74, 6) is 0.0958. The van der Waals surface area contributed by atoms with Crippen LogP contribution in [0.15, 0.2) is 18.2 Å². The van der Waals surface area contributed by atoms with Gasteiger partial charge in [-0.25, -0.2) is 0 Å². The van der Waals surface area contributed by atoms with Gasteiger partial charge in [0.25, 0.3) is 0 Å². The summed E-state index contributed by atoms with van der Waals surface area (Å²) in [4.78, 5) is 13.9. The van der Waals surface area contributed by atoms with E-state index >= 15 is 0 Å². The Labute approximate surface area is 122 Å². The van der Waals surface area contributed by atoms with Crippen LogP contribution in [0.1, 0.15) is 43.4 Å². The molecule has 0 spiro atoms. The van der Waals surface area contributed by atoms with Crippen LogP contribution >= 0.6 is 0 Å². The number of carbonyl (C=O) groups is 1. The number of benzene rings is 1. The van der Waals surface area contributed by atoms with Gasteiger partial charge in [0, 0.05) is 13.1 Å². The summed E-state index contributed by atoms with van der Waals surface area (Å²) in [5.41, 5.74) is 3.62. The van der Waals surface area contributed by atoms with Crippen molar-refractivity contribution in [3.63, 3.8) is 0 Å². The average molecular weight is 277 g/mol. The van der Waals surface area contributed by atoms with Gasteiger partial charge in [-0.15, -0.1) is 0 Å². The molecule has 3 heteroatoms. The highest BCUT2D eigenvalue weighted by Gasteiger charge is 2.11. The molecule has 0 atom stereocenters. The highest BCUT2D eigenvalue weighted by molar-refractivity contribution is 5.77. The molecule has 0 radical (unpaired) electrons. The third-order valence-corrected chi connectivity index (χ3v) is 3.32. The molecule has 0 fully saturated rings. The van der Waals surface area contributed by atoms with E-state index in [0.29, 0.717) is 6.61 Å². The fourth-order valence-electron chi connectivity index (χ4n) is 2.25. The average Bonchev–Trinajstić information content (AvgIpc) is 2.41. The standard InChI is InChI=1S/C17H27NO2/c1-5-9-18(10-6-2)17(19)13-20-12-16-8-7-14(3)11-15(16)4/h7-8,11H,5-6,9-10,12-13H2,1-4H3. The number of rotatable bonds is 8. The Morgan fingerprint density at radius 2 is 1.80 bits per heavy atom. The molecule has 0 aromatic heterocycles. The molecule has 0 unspecified atom stereocenters. The largest absolute Gasteiger partial charge is 0.367 e. The lowest BCUT2D eigenvalue weighted by molar-refractivity contribution is -0.136. The first-order chi connectivity index (χ1) is 9.58. The Hall–Kier alpha value is -1.35. The summed E-state index contributed by atoms with van der Waals surface area (Å²) in [6.45, 7) is 10.7. The monoisotopic (exact) mass is 277 g/mol. The van der Waals surface area contributed by atoms with Gasteiger partial charge in [-0.1, -0.05) is 37.6 Å². The third kappa shape index (κ3) is 5.33. The van der Waals surface area contributed by atoms with Gasteiger partial charge >= 0.3 is 0 Å². The van der Waals surface area contributed by atoms with Gasteiger partial charge in [0.2, 0.25) is 5.91 Å². The van der Waals surface area contributed by atoms with E-state index in [0.717, 1.165) is 31.5 Å². The predicted molar refractivity (Wildman–Crippen MR) is 82.7 cm³/mol. The molecule has 3 nitrogen and oxygen atoms in total. The van der Waals surface area contributed by atoms with Crippen LogP contribution in [0.25, 0.3) is 0 Å². The summed E-state index contributed by atoms with van der Waals surface area (Å²) in [6, 6.07) is 6.29. The van der Waals surface area contributed by atoms with Crippen molar-refractivity contribution in [1.82, 2.24) is 4.90 Å². The van der Waals surface area contributed by atoms with E-state index in [1.54, 1.807) is 0 Å². The molecule has 0 aliphatic carbocycles. The fourth-order valence-corrected chi connectivity index (χ4v) is 2.25. The molecule has 1 rings (SSSR count). The van der Waals surface area contributed by atoms with Crippen LogP contribution < -0.4 is 0 Å². The summed E-state index contributed by atoms with van der Waals surface area (Å²) >= 11 is 0. The highest BCUT2D eigenvalue weighted by Crippen LogP contribution is 2.11. The van der Waals surface area contributed by atoms with Gasteiger partial charge in [0.05, 0.1) is 6.61 Å². The number of amides is 1. The summed E-state index contributed by atoms with van der Waals surface area (Å²) in [7, 11) is 0. The maximum absolute atomic E-state index is 12.1. The van der Waals surface area contributed by atoms with Crippen molar-refractivity contribution in [2.24, 2.45) is 0 Å². The van der Waals surface area contributed by atoms with E-state index in [1.807, 2.05) is 4.90 Å². The molecular formula is C17H27NO2. The molecule has 0 aliphatic rings. The topological polar surface area (TPSA) is 29.5 Å². The summed E-state index contributed by atoms with van der Waals surface area (Å²) < 4.78 is 5.58. The molecule has 112 valence electrons. The predicted octanol–water partition coefficient (Wildman–Crippen LogP) is 3.47. The van der Waals surface area contributed by atoms with E-state index in [9.17, 15) is 4.79 Å². The fraction of sp³-hybridized carbons (Fsp3) is 0.588. The summed E-state index contributed by atoms with van der Waals surface area (Å²) in [5, 5.41) is 0. The Kier molecular flexibility index (Phi) is 7.31. The highest BCUT2D eigenvalue weighted by atomic mass is 16.5. The quantitative estimate of drug-likeness (QED) is 0.728. The molecule has 1 aromatic carbocycles. The lowest BCUT2D eigenvalue weighted by Gasteiger charge is -2.21. The molecule has 0 N–H and O–H groups in total. The van der Waals surface area contributed by atoms with Crippen LogP contribution in [0.3, 0.4) is 0 Å². The first-order valence-corrected chi connectivity index (χ1v) is 7.50. The van der Waals surface area contributed by atoms with Crippen molar-refractivity contribution in [3.8, 4) is 0 Å². The number of carbonyl (C=O) groups excluding carboxylic acids is 1. The minimum Gasteiger partial charge on any atom is -0.367 e. The number of hydrogen-bond acceptors (Lipinski definition) is 2. The molecule has 0 heterocycles. The van der Waals surface area contributed by atoms with Crippen LogP contribution in [0.5, 0.6) is 0 Å². The molecular weight excluding hydrogens is 250 g/mol. The lowest BCUT2D eigenvalue weighted by atomic mass is 10.1. The first-order valence-electron chi connectivity index (χ1n) is 7.50. The molecule has 1 aromatic rings. The first kappa shape index (κ1) is 16.7. The van der Waals surface area contributed by atoms with E-state index in [2.05, 4.69) is 45.9 Å². The third-order valence-electron chi connectivity index (χ3n) is 3.32. The molecule has 20 heavy (non-hydrogen) atoms. The number of aryl methyl sites for hydroxylation is 2. The van der Waals surface area contributed by atoms with Crippen LogP contribution in [0, 0.1) is 13.8 Å². The van der Waals surface area contributed by atoms with Crippen molar-refractivity contribution in [1.29, 1.82) is 0 Å². The second-order valence-electron chi connectivity index (χ2n) is 5.30. The van der Waals surface area contributed by atoms with Crippen LogP contribution in [0.4, 0.5) is 0 Å². The van der Waals surface area contributed by atoms with E-state index in [-0.39, 0.29) is 12.5 Å². The van der Waals surface area contributed by atoms with Gasteiger partial charge in [-0.3, -0.25) is 4.79 Å². The molecule has 1 amide bonds. The molecule has 0 bridgehead atoms. The second-order valence-corrected chi connectivity index (χ2v) is 5.30. The Balaban J connectivity index is 2.44. The Morgan fingerprint density at radius 3 is 2.35 bits per heavy atom. The Morgan fingerprint density at radius 1 is 1.15 bits per heavy atom. The van der Waals surface area contributed by atoms with Crippen molar-refractivity contribution in [2.75, 3.05) is 19.7 Å². The number of ether oxygens (including phenoxy) is 1. The van der Waals surface area contributed by atoms with Gasteiger partial charge in [-0.2, -0.15) is 0 Å². The SMILES string of the molecule is CCCN(CCC)C(=O)COCc1ccc(C)cc1C. The molecule has 0 saturated heterocycles. The van der Waals surface area contributed by atoms with Gasteiger partial charge < -0.3 is 9.64 Å². The minimum atomic E-state index is 0.0958. The maximum Gasteiger partial charge on any atom is 0.248 e. The normalized spacial score (nSPS) is 10.6. The zero-order chi connectivity index (χ0) is 15.0. The van der Waals surface area contributed by atoms with Crippen LogP contribution in [-0.4, -0.2) is 30.5 Å². The van der Waals surface area contributed by atoms with Crippen LogP contribution in [0.2, 0.25) is 0 Å². The zero-order valence-electron chi connectivity index (χ0n) is 13.2. The van der Waals surface area contributed by atoms with Gasteiger partial charge in [0.1, 0.15) is 6.61 Å². The Bertz CT molecular complexity index is 423. The lowest BCUT2D eigenvalue weighted by Crippen LogP contribution is -2.35. The van der Waals surface area contributed by atoms with Crippen molar-refractivity contribution >= 4 is 5.91 Å². The van der Waals surface area contributed by atoms with E-state index in [1.165, 1.54) is 11.1 Å². The maximum atomic E-state index is 12.1. The minimum absolute atomic E-state index is 0.0958. The van der Waals surface area contributed by atoms with E-state index in [4.69, 9.17) is 4.74 Å². The van der Waals surface area contributed by atoms with Crippen LogP contribution in [-0.2, 0) is 16.1 Å². The van der Waals surface area contributed by atoms with Gasteiger partial charge in [-0.05, 0) is 37.8 Å².